The van der Waals surface area contributed by atoms with Gasteiger partial charge in [-0.2, -0.15) is 0 Å². The Morgan fingerprint density at radius 1 is 1.05 bits per heavy atom. The predicted octanol–water partition coefficient (Wildman–Crippen LogP) is 3.36. The number of hydrogen-bond donors (Lipinski definition) is 1. The van der Waals surface area contributed by atoms with E-state index in [9.17, 15) is 4.39 Å². The summed E-state index contributed by atoms with van der Waals surface area (Å²) in [6.45, 7) is 1.74. The van der Waals surface area contributed by atoms with Gasteiger partial charge >= 0.3 is 0 Å². The minimum atomic E-state index is -0.218. The maximum absolute atomic E-state index is 13.2. The smallest absolute Gasteiger partial charge is 0.133 e. The first-order valence-electron chi connectivity index (χ1n) is 7.82. The average Bonchev–Trinajstić information content (AvgIpc) is 3.09. The molecule has 0 bridgehead atoms. The molecule has 1 aromatic carbocycles. The van der Waals surface area contributed by atoms with Crippen molar-refractivity contribution in [2.24, 2.45) is 0 Å². The van der Waals surface area contributed by atoms with E-state index in [0.717, 1.165) is 60.7 Å². The van der Waals surface area contributed by atoms with Crippen LogP contribution in [0.3, 0.4) is 0 Å². The van der Waals surface area contributed by atoms with E-state index in [-0.39, 0.29) is 5.82 Å². The van der Waals surface area contributed by atoms with Gasteiger partial charge in [-0.05, 0) is 37.1 Å². The van der Waals surface area contributed by atoms with Gasteiger partial charge in [-0.15, -0.1) is 0 Å². The first-order valence-corrected chi connectivity index (χ1v) is 7.82. The summed E-state index contributed by atoms with van der Waals surface area (Å²) < 4.78 is 13.2. The van der Waals surface area contributed by atoms with E-state index in [1.165, 1.54) is 12.1 Å². The lowest BCUT2D eigenvalue weighted by atomic mass is 9.98. The van der Waals surface area contributed by atoms with Crippen molar-refractivity contribution < 1.29 is 4.39 Å². The van der Waals surface area contributed by atoms with Gasteiger partial charge in [0.25, 0.3) is 0 Å². The average molecular weight is 295 g/mol. The molecule has 0 amide bonds. The van der Waals surface area contributed by atoms with Crippen molar-refractivity contribution in [2.45, 2.75) is 31.7 Å². The second-order valence-electron chi connectivity index (χ2n) is 5.93. The molecule has 4 heteroatoms. The molecule has 0 radical (unpaired) electrons. The normalized spacial score (nSPS) is 17.7. The third-order valence-electron chi connectivity index (χ3n) is 4.44. The highest BCUT2D eigenvalue weighted by molar-refractivity contribution is 5.64. The van der Waals surface area contributed by atoms with Crippen LogP contribution in [0.15, 0.2) is 36.4 Å². The van der Waals surface area contributed by atoms with Crippen molar-refractivity contribution >= 4 is 0 Å². The SMILES string of the molecule is Fc1ccc(-c2nc(C3CC=CC3)nc3c2CNCC3)cc1. The molecule has 0 unspecified atom stereocenters. The van der Waals surface area contributed by atoms with Crippen LogP contribution in [0, 0.1) is 5.82 Å². The standard InChI is InChI=1S/C18H18FN3/c19-14-7-5-12(6-8-14)17-15-11-20-10-9-16(15)21-18(22-17)13-3-1-2-4-13/h1-2,5-8,13,20H,3-4,9-11H2. The number of rotatable bonds is 2. The van der Waals surface area contributed by atoms with Crippen LogP contribution >= 0.6 is 0 Å². The van der Waals surface area contributed by atoms with Crippen molar-refractivity contribution in [2.75, 3.05) is 6.54 Å². The Balaban J connectivity index is 1.83. The minimum absolute atomic E-state index is 0.218. The number of fused-ring (bicyclic) bond motifs is 1. The third-order valence-corrected chi connectivity index (χ3v) is 4.44. The van der Waals surface area contributed by atoms with Gasteiger partial charge in [0.05, 0.1) is 11.4 Å². The van der Waals surface area contributed by atoms with Crippen LogP contribution in [0.2, 0.25) is 0 Å². The number of nitrogens with zero attached hydrogens (tertiary/aromatic N) is 2. The number of nitrogens with one attached hydrogen (secondary N) is 1. The molecule has 22 heavy (non-hydrogen) atoms. The van der Waals surface area contributed by atoms with E-state index < -0.39 is 0 Å². The predicted molar refractivity (Wildman–Crippen MR) is 84.0 cm³/mol. The summed E-state index contributed by atoms with van der Waals surface area (Å²) in [4.78, 5) is 9.69. The highest BCUT2D eigenvalue weighted by atomic mass is 19.1. The molecule has 3 nitrogen and oxygen atoms in total. The summed E-state index contributed by atoms with van der Waals surface area (Å²) in [6.07, 6.45) is 7.36. The Morgan fingerprint density at radius 2 is 1.82 bits per heavy atom. The lowest BCUT2D eigenvalue weighted by Gasteiger charge is -2.21. The number of benzene rings is 1. The number of aromatic nitrogens is 2. The zero-order valence-electron chi connectivity index (χ0n) is 12.3. The molecule has 1 N–H and O–H groups in total. The van der Waals surface area contributed by atoms with E-state index in [4.69, 9.17) is 9.97 Å². The topological polar surface area (TPSA) is 37.8 Å². The molecule has 2 aromatic rings. The first-order chi connectivity index (χ1) is 10.8. The molecule has 0 atom stereocenters. The van der Waals surface area contributed by atoms with Crippen LogP contribution in [0.1, 0.15) is 35.8 Å². The fourth-order valence-corrected chi connectivity index (χ4v) is 3.22. The molecule has 2 aliphatic rings. The van der Waals surface area contributed by atoms with E-state index >= 15 is 0 Å². The lowest BCUT2D eigenvalue weighted by molar-refractivity contribution is 0.607. The van der Waals surface area contributed by atoms with Crippen LogP contribution in [0.25, 0.3) is 11.3 Å². The molecule has 0 fully saturated rings. The highest BCUT2D eigenvalue weighted by Gasteiger charge is 2.23. The zero-order chi connectivity index (χ0) is 14.9. The fourth-order valence-electron chi connectivity index (χ4n) is 3.22. The molecule has 0 saturated carbocycles. The van der Waals surface area contributed by atoms with Crippen molar-refractivity contribution in [3.63, 3.8) is 0 Å². The van der Waals surface area contributed by atoms with Crippen LogP contribution in [-0.4, -0.2) is 16.5 Å². The van der Waals surface area contributed by atoms with Gasteiger partial charge in [0.1, 0.15) is 11.6 Å². The molecular formula is C18H18FN3. The Bertz CT molecular complexity index is 714. The summed E-state index contributed by atoms with van der Waals surface area (Å²) >= 11 is 0. The molecular weight excluding hydrogens is 277 g/mol. The lowest BCUT2D eigenvalue weighted by Crippen LogP contribution is -2.26. The summed E-state index contributed by atoms with van der Waals surface area (Å²) in [5, 5.41) is 3.39. The van der Waals surface area contributed by atoms with Gasteiger partial charge in [0.2, 0.25) is 0 Å². The first kappa shape index (κ1) is 13.6. The largest absolute Gasteiger partial charge is 0.312 e. The number of hydrogen-bond acceptors (Lipinski definition) is 3. The molecule has 2 heterocycles. The van der Waals surface area contributed by atoms with Crippen LogP contribution in [0.5, 0.6) is 0 Å². The van der Waals surface area contributed by atoms with Gasteiger partial charge in [0, 0.05) is 36.6 Å². The Labute approximate surface area is 129 Å². The summed E-state index contributed by atoms with van der Waals surface area (Å²) in [7, 11) is 0. The Morgan fingerprint density at radius 3 is 2.59 bits per heavy atom. The van der Waals surface area contributed by atoms with Gasteiger partial charge in [-0.3, -0.25) is 0 Å². The van der Waals surface area contributed by atoms with Gasteiger partial charge in [-0.25, -0.2) is 14.4 Å². The van der Waals surface area contributed by atoms with Crippen LogP contribution in [0.4, 0.5) is 4.39 Å². The maximum Gasteiger partial charge on any atom is 0.133 e. The van der Waals surface area contributed by atoms with Crippen LogP contribution in [-0.2, 0) is 13.0 Å². The minimum Gasteiger partial charge on any atom is -0.312 e. The second-order valence-corrected chi connectivity index (χ2v) is 5.93. The van der Waals surface area contributed by atoms with Crippen molar-refractivity contribution in [1.82, 2.24) is 15.3 Å². The van der Waals surface area contributed by atoms with Crippen molar-refractivity contribution in [3.05, 3.63) is 59.3 Å². The Hall–Kier alpha value is -2.07. The van der Waals surface area contributed by atoms with E-state index in [1.54, 1.807) is 0 Å². The van der Waals surface area contributed by atoms with Gasteiger partial charge in [0.15, 0.2) is 0 Å². The van der Waals surface area contributed by atoms with Crippen molar-refractivity contribution in [3.8, 4) is 11.3 Å². The maximum atomic E-state index is 13.2. The third kappa shape index (κ3) is 2.44. The van der Waals surface area contributed by atoms with E-state index in [2.05, 4.69) is 17.5 Å². The molecule has 1 aliphatic carbocycles. The summed E-state index contributed by atoms with van der Waals surface area (Å²) in [5.74, 6) is 1.11. The van der Waals surface area contributed by atoms with Crippen LogP contribution < -0.4 is 5.32 Å². The molecule has 1 aliphatic heterocycles. The number of halogens is 1. The Kier molecular flexibility index (Phi) is 3.47. The zero-order valence-corrected chi connectivity index (χ0v) is 12.3. The van der Waals surface area contributed by atoms with Gasteiger partial charge < -0.3 is 5.32 Å². The molecule has 0 saturated heterocycles. The van der Waals surface area contributed by atoms with E-state index in [0.29, 0.717) is 5.92 Å². The highest BCUT2D eigenvalue weighted by Crippen LogP contribution is 2.32. The number of allylic oxidation sites excluding steroid dienone is 2. The molecule has 1 aromatic heterocycles. The van der Waals surface area contributed by atoms with E-state index in [1.807, 2.05) is 12.1 Å². The second kappa shape index (κ2) is 5.61. The summed E-state index contributed by atoms with van der Waals surface area (Å²) in [6, 6.07) is 6.61. The summed E-state index contributed by atoms with van der Waals surface area (Å²) in [5.41, 5.74) is 4.23. The monoisotopic (exact) mass is 295 g/mol. The molecule has 0 spiro atoms. The quantitative estimate of drug-likeness (QED) is 0.863. The van der Waals surface area contributed by atoms with Gasteiger partial charge in [-0.1, -0.05) is 12.2 Å². The van der Waals surface area contributed by atoms with Crippen molar-refractivity contribution in [1.29, 1.82) is 0 Å². The molecule has 112 valence electrons. The fraction of sp³-hybridized carbons (Fsp3) is 0.333. The molecule has 4 rings (SSSR count).